The standard InChI is InChI=1S/C16H31NO/c1-5-17-15(13-14(3)4)16(18-6-2)11-9-7-8-10-12-16/h15,17H,3,5-13H2,1-2,4H3. The van der Waals surface area contributed by atoms with E-state index in [4.69, 9.17) is 4.74 Å². The Hall–Kier alpha value is -0.340. The van der Waals surface area contributed by atoms with E-state index in [0.29, 0.717) is 6.04 Å². The topological polar surface area (TPSA) is 21.3 Å². The average molecular weight is 253 g/mol. The zero-order chi connectivity index (χ0) is 13.4. The number of rotatable bonds is 7. The number of likely N-dealkylation sites (N-methyl/N-ethyl adjacent to an activating group) is 1. The van der Waals surface area contributed by atoms with Crippen LogP contribution in [0.15, 0.2) is 12.2 Å². The second kappa shape index (κ2) is 7.96. The Morgan fingerprint density at radius 2 is 1.83 bits per heavy atom. The molecule has 18 heavy (non-hydrogen) atoms. The molecule has 0 amide bonds. The van der Waals surface area contributed by atoms with Crippen molar-refractivity contribution < 1.29 is 4.74 Å². The zero-order valence-corrected chi connectivity index (χ0v) is 12.6. The molecule has 0 aromatic carbocycles. The van der Waals surface area contributed by atoms with Crippen molar-refractivity contribution in [2.24, 2.45) is 0 Å². The lowest BCUT2D eigenvalue weighted by Gasteiger charge is -2.41. The molecule has 1 N–H and O–H groups in total. The third-order valence-corrected chi connectivity index (χ3v) is 4.02. The molecule has 0 heterocycles. The molecule has 106 valence electrons. The van der Waals surface area contributed by atoms with Crippen LogP contribution in [-0.4, -0.2) is 24.8 Å². The molecule has 1 aliphatic rings. The quantitative estimate of drug-likeness (QED) is 0.546. The SMILES string of the molecule is C=C(C)CC(NCC)C1(OCC)CCCCCC1. The van der Waals surface area contributed by atoms with E-state index < -0.39 is 0 Å². The fraction of sp³-hybridized carbons (Fsp3) is 0.875. The van der Waals surface area contributed by atoms with E-state index in [1.54, 1.807) is 0 Å². The predicted octanol–water partition coefficient (Wildman–Crippen LogP) is 4.06. The third-order valence-electron chi connectivity index (χ3n) is 4.02. The minimum absolute atomic E-state index is 0.0419. The van der Waals surface area contributed by atoms with Crippen molar-refractivity contribution in [2.75, 3.05) is 13.2 Å². The molecule has 1 unspecified atom stereocenters. The van der Waals surface area contributed by atoms with Gasteiger partial charge in [0.2, 0.25) is 0 Å². The summed E-state index contributed by atoms with van der Waals surface area (Å²) in [6.07, 6.45) is 8.77. The minimum Gasteiger partial charge on any atom is -0.374 e. The van der Waals surface area contributed by atoms with E-state index in [9.17, 15) is 0 Å². The highest BCUT2D eigenvalue weighted by molar-refractivity contribution is 5.02. The first-order chi connectivity index (χ1) is 8.64. The third kappa shape index (κ3) is 4.40. The lowest BCUT2D eigenvalue weighted by molar-refractivity contribution is -0.0763. The molecule has 0 saturated heterocycles. The first-order valence-electron chi connectivity index (χ1n) is 7.66. The maximum absolute atomic E-state index is 6.26. The lowest BCUT2D eigenvalue weighted by Crippen LogP contribution is -2.52. The van der Waals surface area contributed by atoms with Gasteiger partial charge in [0, 0.05) is 12.6 Å². The highest BCUT2D eigenvalue weighted by atomic mass is 16.5. The van der Waals surface area contributed by atoms with Crippen LogP contribution in [0.4, 0.5) is 0 Å². The molecule has 1 atom stereocenters. The smallest absolute Gasteiger partial charge is 0.0837 e. The van der Waals surface area contributed by atoms with E-state index in [2.05, 4.69) is 32.7 Å². The van der Waals surface area contributed by atoms with Crippen LogP contribution in [-0.2, 0) is 4.74 Å². The van der Waals surface area contributed by atoms with Gasteiger partial charge in [0.1, 0.15) is 0 Å². The highest BCUT2D eigenvalue weighted by Gasteiger charge is 2.39. The van der Waals surface area contributed by atoms with Crippen LogP contribution in [0.2, 0.25) is 0 Å². The molecular weight excluding hydrogens is 222 g/mol. The number of ether oxygens (including phenoxy) is 1. The van der Waals surface area contributed by atoms with Crippen LogP contribution in [0.1, 0.15) is 65.7 Å². The Kier molecular flexibility index (Phi) is 6.95. The van der Waals surface area contributed by atoms with Crippen molar-refractivity contribution >= 4 is 0 Å². The van der Waals surface area contributed by atoms with Gasteiger partial charge in [-0.3, -0.25) is 0 Å². The summed E-state index contributed by atoms with van der Waals surface area (Å²) >= 11 is 0. The summed E-state index contributed by atoms with van der Waals surface area (Å²) in [5, 5.41) is 3.65. The van der Waals surface area contributed by atoms with Gasteiger partial charge in [-0.1, -0.05) is 38.2 Å². The van der Waals surface area contributed by atoms with Gasteiger partial charge in [-0.2, -0.15) is 0 Å². The summed E-state index contributed by atoms with van der Waals surface area (Å²) in [7, 11) is 0. The summed E-state index contributed by atoms with van der Waals surface area (Å²) in [5.41, 5.74) is 1.30. The molecule has 1 saturated carbocycles. The molecule has 1 aliphatic carbocycles. The largest absolute Gasteiger partial charge is 0.374 e. The molecule has 1 fully saturated rings. The Bertz CT molecular complexity index is 241. The van der Waals surface area contributed by atoms with Gasteiger partial charge in [-0.25, -0.2) is 0 Å². The summed E-state index contributed by atoms with van der Waals surface area (Å²) in [5.74, 6) is 0. The van der Waals surface area contributed by atoms with E-state index >= 15 is 0 Å². The maximum atomic E-state index is 6.26. The van der Waals surface area contributed by atoms with Crippen LogP contribution in [0.3, 0.4) is 0 Å². The second-order valence-corrected chi connectivity index (χ2v) is 5.68. The molecule has 0 aromatic rings. The molecule has 1 rings (SSSR count). The molecule has 0 bridgehead atoms. The summed E-state index contributed by atoms with van der Waals surface area (Å²) in [6.45, 7) is 12.3. The molecule has 0 aromatic heterocycles. The van der Waals surface area contributed by atoms with Gasteiger partial charge < -0.3 is 10.1 Å². The Balaban J connectivity index is 2.84. The Labute approximate surface area is 113 Å². The summed E-state index contributed by atoms with van der Waals surface area (Å²) in [6, 6.07) is 0.429. The first kappa shape index (κ1) is 15.7. The van der Waals surface area contributed by atoms with Crippen LogP contribution in [0.5, 0.6) is 0 Å². The van der Waals surface area contributed by atoms with Gasteiger partial charge in [-0.15, -0.1) is 6.58 Å². The number of hydrogen-bond donors (Lipinski definition) is 1. The van der Waals surface area contributed by atoms with E-state index in [1.807, 2.05) is 0 Å². The van der Waals surface area contributed by atoms with Gasteiger partial charge in [0.25, 0.3) is 0 Å². The van der Waals surface area contributed by atoms with Crippen LogP contribution in [0.25, 0.3) is 0 Å². The zero-order valence-electron chi connectivity index (χ0n) is 12.6. The molecule has 0 radical (unpaired) electrons. The average Bonchev–Trinajstić information content (AvgIpc) is 2.55. The van der Waals surface area contributed by atoms with Crippen molar-refractivity contribution in [1.82, 2.24) is 5.32 Å². The van der Waals surface area contributed by atoms with Crippen molar-refractivity contribution in [2.45, 2.75) is 77.4 Å². The van der Waals surface area contributed by atoms with Crippen molar-refractivity contribution in [3.05, 3.63) is 12.2 Å². The van der Waals surface area contributed by atoms with Gasteiger partial charge in [-0.05, 0) is 39.7 Å². The van der Waals surface area contributed by atoms with E-state index in [-0.39, 0.29) is 5.60 Å². The lowest BCUT2D eigenvalue weighted by atomic mass is 9.83. The summed E-state index contributed by atoms with van der Waals surface area (Å²) in [4.78, 5) is 0. The fourth-order valence-electron chi connectivity index (χ4n) is 3.25. The highest BCUT2D eigenvalue weighted by Crippen LogP contribution is 2.35. The van der Waals surface area contributed by atoms with Crippen LogP contribution < -0.4 is 5.32 Å². The molecule has 2 heteroatoms. The van der Waals surface area contributed by atoms with E-state index in [0.717, 1.165) is 19.6 Å². The first-order valence-corrected chi connectivity index (χ1v) is 7.66. The van der Waals surface area contributed by atoms with Crippen molar-refractivity contribution in [3.63, 3.8) is 0 Å². The summed E-state index contributed by atoms with van der Waals surface area (Å²) < 4.78 is 6.26. The van der Waals surface area contributed by atoms with Gasteiger partial charge >= 0.3 is 0 Å². The molecule has 0 aliphatic heterocycles. The molecule has 2 nitrogen and oxygen atoms in total. The molecule has 0 spiro atoms. The van der Waals surface area contributed by atoms with Gasteiger partial charge in [0.05, 0.1) is 5.60 Å². The molecular formula is C16H31NO. The number of hydrogen-bond acceptors (Lipinski definition) is 2. The Morgan fingerprint density at radius 1 is 1.22 bits per heavy atom. The van der Waals surface area contributed by atoms with Crippen LogP contribution >= 0.6 is 0 Å². The van der Waals surface area contributed by atoms with Crippen molar-refractivity contribution in [1.29, 1.82) is 0 Å². The second-order valence-electron chi connectivity index (χ2n) is 5.68. The minimum atomic E-state index is 0.0419. The van der Waals surface area contributed by atoms with Gasteiger partial charge in [0.15, 0.2) is 0 Å². The normalized spacial score (nSPS) is 21.3. The monoisotopic (exact) mass is 253 g/mol. The van der Waals surface area contributed by atoms with Crippen LogP contribution in [0, 0.1) is 0 Å². The van der Waals surface area contributed by atoms with E-state index in [1.165, 1.54) is 44.1 Å². The number of nitrogens with one attached hydrogen (secondary N) is 1. The maximum Gasteiger partial charge on any atom is 0.0837 e. The fourth-order valence-corrected chi connectivity index (χ4v) is 3.25. The van der Waals surface area contributed by atoms with Crippen molar-refractivity contribution in [3.8, 4) is 0 Å². The predicted molar refractivity (Wildman–Crippen MR) is 79.0 cm³/mol. The Morgan fingerprint density at radius 3 is 2.28 bits per heavy atom.